The maximum Gasteiger partial charge on any atom is 0.266 e. The molecule has 2 atom stereocenters. The van der Waals surface area contributed by atoms with Crippen molar-refractivity contribution < 1.29 is 4.79 Å². The summed E-state index contributed by atoms with van der Waals surface area (Å²) >= 11 is 0. The fraction of sp³-hybridized carbons (Fsp3) is 0.750. The number of carbonyl (C=O) groups is 1. The van der Waals surface area contributed by atoms with Crippen molar-refractivity contribution in [2.45, 2.75) is 20.3 Å². The molecule has 0 aromatic rings. The first kappa shape index (κ1) is 15.8. The molecule has 0 spiro atoms. The lowest BCUT2D eigenvalue weighted by Crippen LogP contribution is -2.47. The van der Waals surface area contributed by atoms with Crippen molar-refractivity contribution in [1.29, 1.82) is 5.26 Å². The van der Waals surface area contributed by atoms with Crippen LogP contribution in [0.25, 0.3) is 0 Å². The van der Waals surface area contributed by atoms with Gasteiger partial charge in [0.25, 0.3) is 5.91 Å². The first-order chi connectivity index (χ1) is 9.99. The highest BCUT2D eigenvalue weighted by atomic mass is 16.2. The number of likely N-dealkylation sites (tertiary alicyclic amines) is 1. The second-order valence-electron chi connectivity index (χ2n) is 6.65. The summed E-state index contributed by atoms with van der Waals surface area (Å²) in [5.74, 6) is 1.11. The minimum atomic E-state index is -0.114. The molecule has 1 amide bonds. The van der Waals surface area contributed by atoms with E-state index in [1.807, 2.05) is 0 Å². The number of nitrogens with zero attached hydrogens (tertiary/aromatic N) is 4. The summed E-state index contributed by atoms with van der Waals surface area (Å²) in [7, 11) is 2.05. The zero-order valence-corrected chi connectivity index (χ0v) is 13.4. The Bertz CT molecular complexity index is 436. The number of piperazine rings is 1. The van der Waals surface area contributed by atoms with Gasteiger partial charge in [-0.2, -0.15) is 5.26 Å². The fourth-order valence-corrected chi connectivity index (χ4v) is 3.31. The average Bonchev–Trinajstić information content (AvgIpc) is 2.44. The molecule has 2 heterocycles. The molecule has 2 fully saturated rings. The number of hydrogen-bond donors (Lipinski definition) is 0. The Morgan fingerprint density at radius 3 is 2.24 bits per heavy atom. The molecule has 116 valence electrons. The molecule has 0 radical (unpaired) electrons. The van der Waals surface area contributed by atoms with Gasteiger partial charge in [-0.05, 0) is 25.3 Å². The quantitative estimate of drug-likeness (QED) is 0.565. The monoisotopic (exact) mass is 290 g/mol. The van der Waals surface area contributed by atoms with Gasteiger partial charge in [0, 0.05) is 45.5 Å². The van der Waals surface area contributed by atoms with Crippen molar-refractivity contribution in [3.63, 3.8) is 0 Å². The number of carbonyl (C=O) groups excluding carboxylic acids is 1. The Morgan fingerprint density at radius 2 is 1.71 bits per heavy atom. The Balaban J connectivity index is 2.03. The molecule has 0 aliphatic carbocycles. The molecule has 0 saturated carbocycles. The molecule has 2 aliphatic rings. The Kier molecular flexibility index (Phi) is 5.24. The first-order valence-electron chi connectivity index (χ1n) is 7.83. The highest BCUT2D eigenvalue weighted by molar-refractivity contribution is 5.97. The van der Waals surface area contributed by atoms with Crippen LogP contribution >= 0.6 is 0 Å². The predicted octanol–water partition coefficient (Wildman–Crippen LogP) is 1.15. The molecule has 0 bridgehead atoms. The average molecular weight is 290 g/mol. The van der Waals surface area contributed by atoms with Crippen LogP contribution in [0.5, 0.6) is 0 Å². The smallest absolute Gasteiger partial charge is 0.266 e. The van der Waals surface area contributed by atoms with E-state index in [0.717, 1.165) is 26.2 Å². The van der Waals surface area contributed by atoms with Crippen LogP contribution in [0, 0.1) is 23.2 Å². The van der Waals surface area contributed by atoms with Gasteiger partial charge < -0.3 is 14.7 Å². The second-order valence-corrected chi connectivity index (χ2v) is 6.65. The molecular weight excluding hydrogens is 264 g/mol. The van der Waals surface area contributed by atoms with Gasteiger partial charge in [-0.3, -0.25) is 4.79 Å². The first-order valence-corrected chi connectivity index (χ1v) is 7.83. The number of piperidine rings is 1. The van der Waals surface area contributed by atoms with Gasteiger partial charge in [0.1, 0.15) is 11.6 Å². The Hall–Kier alpha value is -1.54. The lowest BCUT2D eigenvalue weighted by atomic mass is 9.92. The van der Waals surface area contributed by atoms with Crippen LogP contribution in [-0.4, -0.2) is 66.9 Å². The molecule has 5 nitrogen and oxygen atoms in total. The van der Waals surface area contributed by atoms with E-state index in [0.29, 0.717) is 24.9 Å². The summed E-state index contributed by atoms with van der Waals surface area (Å²) in [4.78, 5) is 18.6. The van der Waals surface area contributed by atoms with E-state index >= 15 is 0 Å². The summed E-state index contributed by atoms with van der Waals surface area (Å²) < 4.78 is 0. The van der Waals surface area contributed by atoms with Crippen LogP contribution < -0.4 is 0 Å². The van der Waals surface area contributed by atoms with Crippen molar-refractivity contribution in [3.05, 3.63) is 11.8 Å². The standard InChI is InChI=1S/C16H26N4O/c1-13-8-14(2)11-19(10-13)12-15(9-17)16(21)20-6-4-18(3)5-7-20/h12-14H,4-8,10-11H2,1-3H3/b15-12-. The maximum absolute atomic E-state index is 12.5. The molecule has 0 aromatic carbocycles. The topological polar surface area (TPSA) is 50.6 Å². The third kappa shape index (κ3) is 4.21. The minimum absolute atomic E-state index is 0.114. The van der Waals surface area contributed by atoms with Gasteiger partial charge in [-0.15, -0.1) is 0 Å². The second kappa shape index (κ2) is 6.95. The van der Waals surface area contributed by atoms with Crippen molar-refractivity contribution in [2.24, 2.45) is 11.8 Å². The van der Waals surface area contributed by atoms with Crippen molar-refractivity contribution >= 4 is 5.91 Å². The molecular formula is C16H26N4O. The van der Waals surface area contributed by atoms with E-state index in [-0.39, 0.29) is 11.5 Å². The van der Waals surface area contributed by atoms with Crippen LogP contribution in [-0.2, 0) is 4.79 Å². The normalized spacial score (nSPS) is 28.4. The highest BCUT2D eigenvalue weighted by Crippen LogP contribution is 2.21. The largest absolute Gasteiger partial charge is 0.376 e. The van der Waals surface area contributed by atoms with Crippen molar-refractivity contribution in [1.82, 2.24) is 14.7 Å². The van der Waals surface area contributed by atoms with Gasteiger partial charge in [0.15, 0.2) is 0 Å². The third-order valence-electron chi connectivity index (χ3n) is 4.35. The van der Waals surface area contributed by atoms with E-state index < -0.39 is 0 Å². The third-order valence-corrected chi connectivity index (χ3v) is 4.35. The van der Waals surface area contributed by atoms with Crippen LogP contribution in [0.3, 0.4) is 0 Å². The van der Waals surface area contributed by atoms with Gasteiger partial charge >= 0.3 is 0 Å². The number of likely N-dealkylation sites (N-methyl/N-ethyl adjacent to an activating group) is 1. The highest BCUT2D eigenvalue weighted by Gasteiger charge is 2.25. The molecule has 5 heteroatoms. The number of nitriles is 1. The van der Waals surface area contributed by atoms with Crippen molar-refractivity contribution in [2.75, 3.05) is 46.3 Å². The van der Waals surface area contributed by atoms with Gasteiger partial charge in [0.2, 0.25) is 0 Å². The zero-order chi connectivity index (χ0) is 15.4. The van der Waals surface area contributed by atoms with Crippen LogP contribution in [0.4, 0.5) is 0 Å². The fourth-order valence-electron chi connectivity index (χ4n) is 3.31. The summed E-state index contributed by atoms with van der Waals surface area (Å²) in [5, 5.41) is 9.34. The van der Waals surface area contributed by atoms with E-state index in [9.17, 15) is 10.1 Å². The maximum atomic E-state index is 12.5. The number of amides is 1. The molecule has 21 heavy (non-hydrogen) atoms. The summed E-state index contributed by atoms with van der Waals surface area (Å²) in [6.07, 6.45) is 3.01. The predicted molar refractivity (Wildman–Crippen MR) is 82.3 cm³/mol. The Labute approximate surface area is 127 Å². The summed E-state index contributed by atoms with van der Waals surface area (Å²) in [6, 6.07) is 2.10. The van der Waals surface area contributed by atoms with E-state index in [1.165, 1.54) is 6.42 Å². The molecule has 2 rings (SSSR count). The van der Waals surface area contributed by atoms with Crippen molar-refractivity contribution in [3.8, 4) is 6.07 Å². The molecule has 0 N–H and O–H groups in total. The summed E-state index contributed by atoms with van der Waals surface area (Å²) in [6.45, 7) is 9.50. The molecule has 0 aromatic heterocycles. The zero-order valence-electron chi connectivity index (χ0n) is 13.4. The molecule has 2 unspecified atom stereocenters. The Morgan fingerprint density at radius 1 is 1.14 bits per heavy atom. The lowest BCUT2D eigenvalue weighted by molar-refractivity contribution is -0.128. The van der Waals surface area contributed by atoms with Crippen LogP contribution in [0.1, 0.15) is 20.3 Å². The SMILES string of the molecule is CC1CC(C)CN(/C=C(/C#N)C(=O)N2CCN(C)CC2)C1. The minimum Gasteiger partial charge on any atom is -0.376 e. The number of rotatable bonds is 2. The lowest BCUT2D eigenvalue weighted by Gasteiger charge is -2.35. The summed E-state index contributed by atoms with van der Waals surface area (Å²) in [5.41, 5.74) is 0.279. The van der Waals surface area contributed by atoms with E-state index in [1.54, 1.807) is 11.1 Å². The van der Waals surface area contributed by atoms with E-state index in [4.69, 9.17) is 0 Å². The molecule has 2 saturated heterocycles. The van der Waals surface area contributed by atoms with Gasteiger partial charge in [-0.25, -0.2) is 0 Å². The van der Waals surface area contributed by atoms with Crippen LogP contribution in [0.2, 0.25) is 0 Å². The van der Waals surface area contributed by atoms with Crippen LogP contribution in [0.15, 0.2) is 11.8 Å². The van der Waals surface area contributed by atoms with Gasteiger partial charge in [-0.1, -0.05) is 13.8 Å². The number of hydrogen-bond acceptors (Lipinski definition) is 4. The molecule has 2 aliphatic heterocycles. The van der Waals surface area contributed by atoms with Gasteiger partial charge in [0.05, 0.1) is 0 Å². The van der Waals surface area contributed by atoms with E-state index in [2.05, 4.69) is 36.8 Å².